The molecular formula is C12H12ClN5O. The second-order valence-corrected chi connectivity index (χ2v) is 4.20. The van der Waals surface area contributed by atoms with Gasteiger partial charge in [-0.1, -0.05) is 23.7 Å². The number of benzene rings is 1. The number of hydrogen-bond donors (Lipinski definition) is 3. The van der Waals surface area contributed by atoms with Crippen molar-refractivity contribution in [3.63, 3.8) is 0 Å². The van der Waals surface area contributed by atoms with Gasteiger partial charge in [-0.05, 0) is 18.6 Å². The van der Waals surface area contributed by atoms with Gasteiger partial charge in [0.05, 0.1) is 23.1 Å². The van der Waals surface area contributed by atoms with Crippen molar-refractivity contribution in [2.24, 2.45) is 5.84 Å². The number of nitrogens with two attached hydrogens (primary N) is 1. The number of hydrogen-bond acceptors (Lipinski definition) is 5. The standard InChI is InChI=1S/C12H12ClN5O/c1-7-3-2-4-8(11(7)13)17-12(19)9-5-16-10(18-14)6-15-9/h2-6H,14H2,1H3,(H,16,18)(H,17,19). The lowest BCUT2D eigenvalue weighted by Crippen LogP contribution is -2.16. The average molecular weight is 278 g/mol. The zero-order valence-corrected chi connectivity index (χ0v) is 10.9. The molecule has 0 saturated heterocycles. The van der Waals surface area contributed by atoms with Gasteiger partial charge < -0.3 is 10.7 Å². The van der Waals surface area contributed by atoms with Crippen molar-refractivity contribution in [1.82, 2.24) is 9.97 Å². The molecule has 0 fully saturated rings. The SMILES string of the molecule is Cc1cccc(NC(=O)c2cnc(NN)cn2)c1Cl. The average Bonchev–Trinajstić information content (AvgIpc) is 2.44. The van der Waals surface area contributed by atoms with Crippen LogP contribution in [0.3, 0.4) is 0 Å². The molecule has 98 valence electrons. The predicted molar refractivity (Wildman–Crippen MR) is 74.0 cm³/mol. The third-order valence-corrected chi connectivity index (χ3v) is 2.97. The molecule has 4 N–H and O–H groups in total. The first-order chi connectivity index (χ1) is 9.11. The van der Waals surface area contributed by atoms with Crippen LogP contribution in [0.25, 0.3) is 0 Å². The van der Waals surface area contributed by atoms with E-state index in [4.69, 9.17) is 17.4 Å². The van der Waals surface area contributed by atoms with Crippen LogP contribution < -0.4 is 16.6 Å². The summed E-state index contributed by atoms with van der Waals surface area (Å²) in [5.41, 5.74) is 3.93. The van der Waals surface area contributed by atoms with E-state index >= 15 is 0 Å². The van der Waals surface area contributed by atoms with E-state index in [1.807, 2.05) is 19.1 Å². The molecule has 0 atom stereocenters. The summed E-state index contributed by atoms with van der Waals surface area (Å²) < 4.78 is 0. The zero-order chi connectivity index (χ0) is 13.8. The highest BCUT2D eigenvalue weighted by molar-refractivity contribution is 6.34. The van der Waals surface area contributed by atoms with E-state index in [9.17, 15) is 4.79 Å². The van der Waals surface area contributed by atoms with Gasteiger partial charge in [0.2, 0.25) is 0 Å². The number of nitrogens with one attached hydrogen (secondary N) is 2. The summed E-state index contributed by atoms with van der Waals surface area (Å²) in [6.45, 7) is 1.86. The normalized spacial score (nSPS) is 10.1. The number of carbonyl (C=O) groups excluding carboxylic acids is 1. The van der Waals surface area contributed by atoms with Crippen LogP contribution in [0, 0.1) is 6.92 Å². The van der Waals surface area contributed by atoms with E-state index < -0.39 is 0 Å². The third kappa shape index (κ3) is 2.98. The van der Waals surface area contributed by atoms with E-state index in [0.717, 1.165) is 5.56 Å². The highest BCUT2D eigenvalue weighted by Gasteiger charge is 2.11. The molecule has 0 aliphatic carbocycles. The Morgan fingerprint density at radius 1 is 1.32 bits per heavy atom. The van der Waals surface area contributed by atoms with Crippen LogP contribution >= 0.6 is 11.6 Å². The summed E-state index contributed by atoms with van der Waals surface area (Å²) in [6, 6.07) is 5.39. The van der Waals surface area contributed by atoms with Crippen LogP contribution in [0.5, 0.6) is 0 Å². The van der Waals surface area contributed by atoms with E-state index in [2.05, 4.69) is 20.7 Å². The van der Waals surface area contributed by atoms with Crippen LogP contribution in [0.15, 0.2) is 30.6 Å². The van der Waals surface area contributed by atoms with Crippen molar-refractivity contribution in [3.05, 3.63) is 46.9 Å². The predicted octanol–water partition coefficient (Wildman–Crippen LogP) is 1.98. The molecule has 0 radical (unpaired) electrons. The Kier molecular flexibility index (Phi) is 3.94. The maximum Gasteiger partial charge on any atom is 0.275 e. The van der Waals surface area contributed by atoms with Gasteiger partial charge in [-0.25, -0.2) is 15.8 Å². The van der Waals surface area contributed by atoms with Crippen molar-refractivity contribution in [3.8, 4) is 0 Å². The first-order valence-corrected chi connectivity index (χ1v) is 5.84. The molecule has 1 amide bonds. The third-order valence-electron chi connectivity index (χ3n) is 2.47. The summed E-state index contributed by atoms with van der Waals surface area (Å²) >= 11 is 6.10. The van der Waals surface area contributed by atoms with E-state index in [0.29, 0.717) is 16.5 Å². The summed E-state index contributed by atoms with van der Waals surface area (Å²) in [7, 11) is 0. The molecular weight excluding hydrogens is 266 g/mol. The number of aryl methyl sites for hydroxylation is 1. The Hall–Kier alpha value is -2.18. The summed E-state index contributed by atoms with van der Waals surface area (Å²) in [4.78, 5) is 19.8. The fourth-order valence-corrected chi connectivity index (χ4v) is 1.62. The lowest BCUT2D eigenvalue weighted by atomic mass is 10.2. The second kappa shape index (κ2) is 5.64. The summed E-state index contributed by atoms with van der Waals surface area (Å²) in [5, 5.41) is 3.18. The topological polar surface area (TPSA) is 92.9 Å². The molecule has 0 aliphatic rings. The molecule has 19 heavy (non-hydrogen) atoms. The smallest absolute Gasteiger partial charge is 0.275 e. The van der Waals surface area contributed by atoms with Crippen molar-refractivity contribution in [2.45, 2.75) is 6.92 Å². The Morgan fingerprint density at radius 3 is 2.74 bits per heavy atom. The molecule has 0 bridgehead atoms. The Labute approximate surface area is 115 Å². The van der Waals surface area contributed by atoms with Gasteiger partial charge in [-0.3, -0.25) is 4.79 Å². The molecule has 2 rings (SSSR count). The maximum absolute atomic E-state index is 12.0. The lowest BCUT2D eigenvalue weighted by Gasteiger charge is -2.08. The van der Waals surface area contributed by atoms with Crippen molar-refractivity contribution >= 4 is 29.0 Å². The fourth-order valence-electron chi connectivity index (χ4n) is 1.45. The first kappa shape index (κ1) is 13.3. The van der Waals surface area contributed by atoms with Gasteiger partial charge in [0, 0.05) is 0 Å². The first-order valence-electron chi connectivity index (χ1n) is 5.47. The summed E-state index contributed by atoms with van der Waals surface area (Å²) in [5.74, 6) is 5.16. The minimum Gasteiger partial charge on any atom is -0.319 e. The monoisotopic (exact) mass is 277 g/mol. The molecule has 0 aliphatic heterocycles. The van der Waals surface area contributed by atoms with E-state index in [-0.39, 0.29) is 11.6 Å². The van der Waals surface area contributed by atoms with Gasteiger partial charge in [-0.15, -0.1) is 0 Å². The molecule has 1 heterocycles. The molecule has 0 saturated carbocycles. The number of hydrazine groups is 1. The molecule has 2 aromatic rings. The zero-order valence-electron chi connectivity index (χ0n) is 10.1. The fraction of sp³-hybridized carbons (Fsp3) is 0.0833. The highest BCUT2D eigenvalue weighted by atomic mass is 35.5. The number of carbonyl (C=O) groups is 1. The quantitative estimate of drug-likeness (QED) is 0.589. The minimum absolute atomic E-state index is 0.177. The van der Waals surface area contributed by atoms with Crippen molar-refractivity contribution in [1.29, 1.82) is 0 Å². The second-order valence-electron chi connectivity index (χ2n) is 3.82. The summed E-state index contributed by atoms with van der Waals surface area (Å²) in [6.07, 6.45) is 2.70. The van der Waals surface area contributed by atoms with Crippen LogP contribution in [0.1, 0.15) is 16.1 Å². The number of nitrogens with zero attached hydrogens (tertiary/aromatic N) is 2. The minimum atomic E-state index is -0.386. The lowest BCUT2D eigenvalue weighted by molar-refractivity contribution is 0.102. The van der Waals surface area contributed by atoms with Crippen LogP contribution in [-0.4, -0.2) is 15.9 Å². The Morgan fingerprint density at radius 2 is 2.11 bits per heavy atom. The Bertz CT molecular complexity index is 600. The van der Waals surface area contributed by atoms with Crippen LogP contribution in [0.4, 0.5) is 11.5 Å². The van der Waals surface area contributed by atoms with Gasteiger partial charge >= 0.3 is 0 Å². The van der Waals surface area contributed by atoms with Crippen LogP contribution in [-0.2, 0) is 0 Å². The van der Waals surface area contributed by atoms with Crippen molar-refractivity contribution in [2.75, 3.05) is 10.7 Å². The number of halogens is 1. The van der Waals surface area contributed by atoms with E-state index in [1.165, 1.54) is 12.4 Å². The van der Waals surface area contributed by atoms with Crippen molar-refractivity contribution < 1.29 is 4.79 Å². The van der Waals surface area contributed by atoms with Gasteiger partial charge in [0.15, 0.2) is 5.82 Å². The number of rotatable bonds is 3. The molecule has 1 aromatic heterocycles. The van der Waals surface area contributed by atoms with E-state index in [1.54, 1.807) is 6.07 Å². The number of nitrogen functional groups attached to an aromatic ring is 1. The van der Waals surface area contributed by atoms with Crippen LogP contribution in [0.2, 0.25) is 5.02 Å². The molecule has 1 aromatic carbocycles. The Balaban J connectivity index is 2.18. The molecule has 0 spiro atoms. The molecule has 6 nitrogen and oxygen atoms in total. The van der Waals surface area contributed by atoms with Gasteiger partial charge in [0.1, 0.15) is 5.69 Å². The maximum atomic E-state index is 12.0. The number of aromatic nitrogens is 2. The highest BCUT2D eigenvalue weighted by Crippen LogP contribution is 2.25. The van der Waals surface area contributed by atoms with Gasteiger partial charge in [-0.2, -0.15) is 0 Å². The number of anilines is 2. The largest absolute Gasteiger partial charge is 0.319 e. The number of amides is 1. The van der Waals surface area contributed by atoms with Gasteiger partial charge in [0.25, 0.3) is 5.91 Å². The molecule has 7 heteroatoms. The molecule has 0 unspecified atom stereocenters.